The van der Waals surface area contributed by atoms with Gasteiger partial charge < -0.3 is 15.2 Å². The number of methoxy groups -OCH3 is 1. The lowest BCUT2D eigenvalue weighted by molar-refractivity contribution is -0.122. The number of fused-ring (bicyclic) bond motifs is 1. The van der Waals surface area contributed by atoms with E-state index in [1.165, 1.54) is 12.1 Å². The third-order valence-electron chi connectivity index (χ3n) is 5.19. The Kier molecular flexibility index (Phi) is 5.41. The number of nitrogen functional groups attached to an aromatic ring is 1. The van der Waals surface area contributed by atoms with Gasteiger partial charge in [0.15, 0.2) is 11.6 Å². The minimum atomic E-state index is -0.801. The van der Waals surface area contributed by atoms with Gasteiger partial charge >= 0.3 is 0 Å². The largest absolute Gasteiger partial charge is 0.497 e. The highest BCUT2D eigenvalue weighted by Crippen LogP contribution is 2.43. The molecule has 0 bridgehead atoms. The van der Waals surface area contributed by atoms with Crippen molar-refractivity contribution in [2.75, 3.05) is 17.7 Å². The van der Waals surface area contributed by atoms with E-state index in [4.69, 9.17) is 38.4 Å². The van der Waals surface area contributed by atoms with E-state index in [2.05, 4.69) is 10.2 Å². The Morgan fingerprint density at radius 2 is 1.71 bits per heavy atom. The summed E-state index contributed by atoms with van der Waals surface area (Å²) in [6, 6.07) is 12.3. The van der Waals surface area contributed by atoms with E-state index in [0.717, 1.165) is 11.3 Å². The molecule has 0 saturated carbocycles. The number of hydrogen-bond acceptors (Lipinski definition) is 6. The second-order valence-corrected chi connectivity index (χ2v) is 8.51. The molecule has 1 aliphatic heterocycles. The summed E-state index contributed by atoms with van der Waals surface area (Å²) in [5, 5.41) is 8.93. The first kappa shape index (κ1) is 21.2. The van der Waals surface area contributed by atoms with Crippen molar-refractivity contribution in [3.05, 3.63) is 63.6 Å². The summed E-state index contributed by atoms with van der Waals surface area (Å²) >= 11 is 12.4. The summed E-state index contributed by atoms with van der Waals surface area (Å²) in [6.45, 7) is 4.05. The summed E-state index contributed by atoms with van der Waals surface area (Å²) in [5.41, 5.74) is 7.01. The van der Waals surface area contributed by atoms with Crippen LogP contribution in [0.2, 0.25) is 10.0 Å². The quantitative estimate of drug-likeness (QED) is 0.541. The highest BCUT2D eigenvalue weighted by molar-refractivity contribution is 6.37. The van der Waals surface area contributed by atoms with Crippen LogP contribution in [0.25, 0.3) is 0 Å². The van der Waals surface area contributed by atoms with Crippen molar-refractivity contribution in [2.45, 2.75) is 25.8 Å². The minimum Gasteiger partial charge on any atom is -0.497 e. The molecule has 2 aromatic carbocycles. The fraction of sp³-hybridized carbons (Fsp3) is 0.227. The fourth-order valence-electron chi connectivity index (χ4n) is 3.47. The minimum absolute atomic E-state index is 0.0756. The van der Waals surface area contributed by atoms with Gasteiger partial charge in [0.05, 0.1) is 29.1 Å². The van der Waals surface area contributed by atoms with Crippen molar-refractivity contribution in [3.63, 3.8) is 0 Å². The number of carbonyl (C=O) groups excluding carboxylic acids is 1. The van der Waals surface area contributed by atoms with Gasteiger partial charge in [-0.05, 0) is 43.7 Å². The maximum Gasteiger partial charge on any atom is 0.239 e. The van der Waals surface area contributed by atoms with E-state index < -0.39 is 5.41 Å². The first-order valence-corrected chi connectivity index (χ1v) is 10.2. The summed E-state index contributed by atoms with van der Waals surface area (Å²) in [6.07, 6.45) is 0. The molecule has 0 spiro atoms. The van der Waals surface area contributed by atoms with Crippen LogP contribution >= 0.6 is 23.2 Å². The first-order valence-electron chi connectivity index (χ1n) is 9.46. The van der Waals surface area contributed by atoms with Crippen LogP contribution in [0.3, 0.4) is 0 Å². The van der Waals surface area contributed by atoms with Crippen molar-refractivity contribution in [2.24, 2.45) is 0 Å². The van der Waals surface area contributed by atoms with Crippen molar-refractivity contribution < 1.29 is 14.3 Å². The predicted octanol–water partition coefficient (Wildman–Crippen LogP) is 4.99. The number of halogens is 2. The van der Waals surface area contributed by atoms with Crippen molar-refractivity contribution in [3.8, 4) is 17.4 Å². The maximum absolute atomic E-state index is 13.2. The van der Waals surface area contributed by atoms with Gasteiger partial charge in [0, 0.05) is 17.3 Å². The van der Waals surface area contributed by atoms with Gasteiger partial charge in [-0.25, -0.2) is 0 Å². The molecule has 0 radical (unpaired) electrons. The molecule has 0 fully saturated rings. The fourth-order valence-corrected chi connectivity index (χ4v) is 4.05. The van der Waals surface area contributed by atoms with Crippen LogP contribution in [0.1, 0.15) is 25.0 Å². The van der Waals surface area contributed by atoms with Gasteiger partial charge in [0.2, 0.25) is 11.8 Å². The second-order valence-electron chi connectivity index (χ2n) is 7.70. The number of benzene rings is 2. The average molecular weight is 459 g/mol. The molecule has 7 nitrogen and oxygen atoms in total. The van der Waals surface area contributed by atoms with E-state index >= 15 is 0 Å². The Morgan fingerprint density at radius 3 is 2.32 bits per heavy atom. The van der Waals surface area contributed by atoms with Gasteiger partial charge in [-0.1, -0.05) is 35.3 Å². The summed E-state index contributed by atoms with van der Waals surface area (Å²) in [5.74, 6) is 1.57. The molecule has 3 aromatic rings. The molecular weight excluding hydrogens is 439 g/mol. The Bertz CT molecular complexity index is 1140. The van der Waals surface area contributed by atoms with Gasteiger partial charge in [-0.2, -0.15) is 0 Å². The lowest BCUT2D eigenvalue weighted by Crippen LogP contribution is -2.35. The zero-order valence-corrected chi connectivity index (χ0v) is 18.7. The Morgan fingerprint density at radius 1 is 1.06 bits per heavy atom. The van der Waals surface area contributed by atoms with Gasteiger partial charge in [0.25, 0.3) is 0 Å². The summed E-state index contributed by atoms with van der Waals surface area (Å²) in [4.78, 5) is 14.8. The zero-order chi connectivity index (χ0) is 22.3. The van der Waals surface area contributed by atoms with Gasteiger partial charge in [0.1, 0.15) is 5.75 Å². The second kappa shape index (κ2) is 7.90. The van der Waals surface area contributed by atoms with Crippen LogP contribution in [-0.4, -0.2) is 23.2 Å². The lowest BCUT2D eigenvalue weighted by atomic mass is 9.87. The van der Waals surface area contributed by atoms with E-state index in [-0.39, 0.29) is 27.6 Å². The van der Waals surface area contributed by atoms with Crippen LogP contribution in [0.5, 0.6) is 17.4 Å². The third kappa shape index (κ3) is 3.86. The van der Waals surface area contributed by atoms with Crippen LogP contribution in [0.15, 0.2) is 42.5 Å². The molecule has 160 valence electrons. The molecule has 0 atom stereocenters. The molecule has 1 amide bonds. The number of ether oxygens (including phenoxy) is 2. The lowest BCUT2D eigenvalue weighted by Gasteiger charge is -2.19. The highest BCUT2D eigenvalue weighted by atomic mass is 35.5. The van der Waals surface area contributed by atoms with Crippen LogP contribution in [-0.2, 0) is 16.8 Å². The monoisotopic (exact) mass is 458 g/mol. The molecule has 0 unspecified atom stereocenters. The number of nitrogens with two attached hydrogens (primary N) is 1. The molecule has 0 saturated heterocycles. The smallest absolute Gasteiger partial charge is 0.239 e. The SMILES string of the molecule is COc1ccc(CN2C(=O)C(C)(C)c3cc(Oc4c(Cl)cc(N)cc4Cl)nnc32)cc1. The standard InChI is InChI=1S/C22H20Cl2N4O3/c1-22(2)15-10-18(31-19-16(23)8-13(25)9-17(19)24)26-27-20(15)28(21(22)29)11-12-4-6-14(30-3)7-5-12/h4-10H,11,25H2,1-3H3. The summed E-state index contributed by atoms with van der Waals surface area (Å²) < 4.78 is 11.0. The van der Waals surface area contributed by atoms with Crippen LogP contribution in [0, 0.1) is 0 Å². The van der Waals surface area contributed by atoms with Crippen LogP contribution < -0.4 is 20.1 Å². The molecule has 0 aliphatic carbocycles. The zero-order valence-electron chi connectivity index (χ0n) is 17.1. The molecular formula is C22H20Cl2N4O3. The van der Waals surface area contributed by atoms with E-state index in [0.29, 0.717) is 23.6 Å². The van der Waals surface area contributed by atoms with E-state index in [9.17, 15) is 4.79 Å². The number of carbonyl (C=O) groups is 1. The predicted molar refractivity (Wildman–Crippen MR) is 120 cm³/mol. The number of hydrogen-bond donors (Lipinski definition) is 1. The van der Waals surface area contributed by atoms with Gasteiger partial charge in [-0.15, -0.1) is 10.2 Å². The average Bonchev–Trinajstić information content (AvgIpc) is 2.92. The Hall–Kier alpha value is -3.03. The van der Waals surface area contributed by atoms with E-state index in [1.807, 2.05) is 38.1 Å². The van der Waals surface area contributed by atoms with Crippen molar-refractivity contribution in [1.82, 2.24) is 10.2 Å². The van der Waals surface area contributed by atoms with Gasteiger partial charge in [-0.3, -0.25) is 9.69 Å². The number of aromatic nitrogens is 2. The molecule has 1 aliphatic rings. The maximum atomic E-state index is 13.2. The van der Waals surface area contributed by atoms with Crippen molar-refractivity contribution >= 4 is 40.6 Å². The molecule has 31 heavy (non-hydrogen) atoms. The topological polar surface area (TPSA) is 90.6 Å². The first-order chi connectivity index (χ1) is 14.7. The molecule has 9 heteroatoms. The van der Waals surface area contributed by atoms with Crippen molar-refractivity contribution in [1.29, 1.82) is 0 Å². The molecule has 2 heterocycles. The molecule has 1 aromatic heterocycles. The highest BCUT2D eigenvalue weighted by Gasteiger charge is 2.45. The number of rotatable bonds is 5. The Balaban J connectivity index is 1.66. The number of nitrogens with zero attached hydrogens (tertiary/aromatic N) is 3. The normalized spacial score (nSPS) is 14.5. The summed E-state index contributed by atoms with van der Waals surface area (Å²) in [7, 11) is 1.61. The number of amides is 1. The van der Waals surface area contributed by atoms with Crippen LogP contribution in [0.4, 0.5) is 11.5 Å². The molecule has 2 N–H and O–H groups in total. The molecule has 4 rings (SSSR count). The van der Waals surface area contributed by atoms with E-state index in [1.54, 1.807) is 18.1 Å². The Labute approximate surface area is 189 Å². The third-order valence-corrected chi connectivity index (χ3v) is 5.75. The number of anilines is 2.